The Hall–Kier alpha value is -2.29. The van der Waals surface area contributed by atoms with E-state index in [1.165, 1.54) is 4.80 Å². The molecule has 23 heavy (non-hydrogen) atoms. The fourth-order valence-corrected chi connectivity index (χ4v) is 2.03. The van der Waals surface area contributed by atoms with Crippen molar-refractivity contribution in [2.45, 2.75) is 26.4 Å². The molecule has 0 aliphatic rings. The summed E-state index contributed by atoms with van der Waals surface area (Å²) in [7, 11) is 0. The second kappa shape index (κ2) is 7.82. The molecule has 0 atom stereocenters. The molecule has 0 fully saturated rings. The number of carbonyl (C=O) groups excluding carboxylic acids is 2. The minimum atomic E-state index is -0.358. The fraction of sp³-hybridized carbons (Fsp3) is 0.357. The van der Waals surface area contributed by atoms with E-state index in [4.69, 9.17) is 0 Å². The number of tetrazole rings is 1. The molecular weight excluding hydrogens is 364 g/mol. The minimum Gasteiger partial charge on any atom is -0.352 e. The molecule has 1 aromatic carbocycles. The zero-order valence-electron chi connectivity index (χ0n) is 12.8. The van der Waals surface area contributed by atoms with Crippen molar-refractivity contribution in [3.8, 4) is 11.4 Å². The summed E-state index contributed by atoms with van der Waals surface area (Å²) in [6, 6.07) is 7.47. The Morgan fingerprint density at radius 1 is 1.22 bits per heavy atom. The van der Waals surface area contributed by atoms with Crippen LogP contribution in [0.2, 0.25) is 0 Å². The predicted molar refractivity (Wildman–Crippen MR) is 87.2 cm³/mol. The molecule has 2 rings (SSSR count). The zero-order valence-corrected chi connectivity index (χ0v) is 14.4. The third-order valence-corrected chi connectivity index (χ3v) is 3.26. The van der Waals surface area contributed by atoms with Crippen LogP contribution in [0.25, 0.3) is 11.4 Å². The van der Waals surface area contributed by atoms with Gasteiger partial charge >= 0.3 is 0 Å². The van der Waals surface area contributed by atoms with Gasteiger partial charge in [0.05, 0.1) is 6.54 Å². The lowest BCUT2D eigenvalue weighted by molar-refractivity contribution is -0.126. The Bertz CT molecular complexity index is 683. The number of nitrogens with zero attached hydrogens (tertiary/aromatic N) is 4. The van der Waals surface area contributed by atoms with Gasteiger partial charge in [-0.2, -0.15) is 4.80 Å². The molecule has 2 aromatic rings. The van der Waals surface area contributed by atoms with E-state index in [1.807, 2.05) is 38.1 Å². The fourth-order valence-electron chi connectivity index (χ4n) is 1.76. The van der Waals surface area contributed by atoms with Crippen LogP contribution in [0.15, 0.2) is 28.7 Å². The number of amides is 2. The molecule has 0 bridgehead atoms. The van der Waals surface area contributed by atoms with Crippen LogP contribution < -0.4 is 10.6 Å². The van der Waals surface area contributed by atoms with Crippen molar-refractivity contribution in [3.05, 3.63) is 28.7 Å². The van der Waals surface area contributed by atoms with Crippen molar-refractivity contribution in [2.75, 3.05) is 6.54 Å². The number of halogens is 1. The highest BCUT2D eigenvalue weighted by Crippen LogP contribution is 2.17. The van der Waals surface area contributed by atoms with Gasteiger partial charge in [0.2, 0.25) is 17.6 Å². The van der Waals surface area contributed by atoms with Crippen LogP contribution in [0.3, 0.4) is 0 Å². The molecule has 0 radical (unpaired) electrons. The van der Waals surface area contributed by atoms with Gasteiger partial charge in [-0.3, -0.25) is 9.59 Å². The number of benzene rings is 1. The smallest absolute Gasteiger partial charge is 0.244 e. The van der Waals surface area contributed by atoms with Gasteiger partial charge in [0, 0.05) is 16.1 Å². The first-order valence-electron chi connectivity index (χ1n) is 7.04. The van der Waals surface area contributed by atoms with Gasteiger partial charge in [0.1, 0.15) is 6.54 Å². The van der Waals surface area contributed by atoms with E-state index in [0.717, 1.165) is 10.0 Å². The Morgan fingerprint density at radius 3 is 2.57 bits per heavy atom. The second-order valence-electron chi connectivity index (χ2n) is 5.15. The predicted octanol–water partition coefficient (Wildman–Crippen LogP) is 0.743. The molecule has 9 heteroatoms. The summed E-state index contributed by atoms with van der Waals surface area (Å²) in [6.45, 7) is 3.52. The maximum atomic E-state index is 11.8. The number of hydrogen-bond donors (Lipinski definition) is 2. The average molecular weight is 381 g/mol. The van der Waals surface area contributed by atoms with Crippen LogP contribution in [0.1, 0.15) is 13.8 Å². The molecule has 122 valence electrons. The topological polar surface area (TPSA) is 102 Å². The molecule has 0 aliphatic heterocycles. The summed E-state index contributed by atoms with van der Waals surface area (Å²) in [5.74, 6) is -0.165. The molecule has 8 nitrogen and oxygen atoms in total. The molecular formula is C14H17BrN6O2. The third-order valence-electron chi connectivity index (χ3n) is 2.74. The first-order chi connectivity index (χ1) is 10.9. The van der Waals surface area contributed by atoms with Crippen molar-refractivity contribution in [1.82, 2.24) is 30.8 Å². The normalized spacial score (nSPS) is 10.6. The average Bonchev–Trinajstić information content (AvgIpc) is 2.93. The molecule has 0 unspecified atom stereocenters. The van der Waals surface area contributed by atoms with E-state index in [1.54, 1.807) is 0 Å². The Morgan fingerprint density at radius 2 is 1.91 bits per heavy atom. The van der Waals surface area contributed by atoms with Gasteiger partial charge in [-0.1, -0.05) is 15.9 Å². The quantitative estimate of drug-likeness (QED) is 0.769. The van der Waals surface area contributed by atoms with E-state index in [9.17, 15) is 9.59 Å². The van der Waals surface area contributed by atoms with Gasteiger partial charge in [-0.25, -0.2) is 0 Å². The van der Waals surface area contributed by atoms with Gasteiger partial charge in [-0.15, -0.1) is 10.2 Å². The summed E-state index contributed by atoms with van der Waals surface area (Å²) in [5.41, 5.74) is 0.802. The first kappa shape index (κ1) is 17.1. The second-order valence-corrected chi connectivity index (χ2v) is 6.06. The summed E-state index contributed by atoms with van der Waals surface area (Å²) in [5, 5.41) is 17.1. The van der Waals surface area contributed by atoms with Gasteiger partial charge in [0.15, 0.2) is 0 Å². The summed E-state index contributed by atoms with van der Waals surface area (Å²) >= 11 is 3.35. The molecule has 1 aromatic heterocycles. The molecule has 0 aliphatic carbocycles. The first-order valence-corrected chi connectivity index (χ1v) is 7.83. The summed E-state index contributed by atoms with van der Waals surface area (Å²) in [4.78, 5) is 24.4. The van der Waals surface area contributed by atoms with Crippen LogP contribution in [0.5, 0.6) is 0 Å². The van der Waals surface area contributed by atoms with Crippen LogP contribution in [-0.2, 0) is 16.1 Å². The maximum Gasteiger partial charge on any atom is 0.244 e. The van der Waals surface area contributed by atoms with E-state index in [0.29, 0.717) is 5.82 Å². The Kier molecular flexibility index (Phi) is 5.80. The summed E-state index contributed by atoms with van der Waals surface area (Å²) < 4.78 is 0.952. The highest BCUT2D eigenvalue weighted by atomic mass is 79.9. The van der Waals surface area contributed by atoms with E-state index < -0.39 is 0 Å². The zero-order chi connectivity index (χ0) is 16.8. The van der Waals surface area contributed by atoms with Crippen molar-refractivity contribution in [1.29, 1.82) is 0 Å². The largest absolute Gasteiger partial charge is 0.352 e. The van der Waals surface area contributed by atoms with Crippen molar-refractivity contribution >= 4 is 27.7 Å². The Balaban J connectivity index is 1.87. The number of hydrogen-bond acceptors (Lipinski definition) is 5. The van der Waals surface area contributed by atoms with Gasteiger partial charge in [-0.05, 0) is 43.3 Å². The SMILES string of the molecule is CC(C)NC(=O)CNC(=O)Cn1nnc(-c2ccc(Br)cc2)n1. The van der Waals surface area contributed by atoms with Crippen molar-refractivity contribution in [3.63, 3.8) is 0 Å². The van der Waals surface area contributed by atoms with Crippen molar-refractivity contribution in [2.24, 2.45) is 0 Å². The molecule has 1 heterocycles. The van der Waals surface area contributed by atoms with E-state index in [-0.39, 0.29) is 30.9 Å². The molecule has 2 amide bonds. The van der Waals surface area contributed by atoms with Crippen LogP contribution in [0.4, 0.5) is 0 Å². The lowest BCUT2D eigenvalue weighted by Gasteiger charge is -2.08. The monoisotopic (exact) mass is 380 g/mol. The number of rotatable bonds is 6. The highest BCUT2D eigenvalue weighted by molar-refractivity contribution is 9.10. The third kappa shape index (κ3) is 5.44. The number of carbonyl (C=O) groups is 2. The Labute approximate surface area is 141 Å². The van der Waals surface area contributed by atoms with Crippen LogP contribution in [0, 0.1) is 0 Å². The van der Waals surface area contributed by atoms with Gasteiger partial charge in [0.25, 0.3) is 0 Å². The molecule has 2 N–H and O–H groups in total. The van der Waals surface area contributed by atoms with Crippen LogP contribution in [-0.4, -0.2) is 44.6 Å². The van der Waals surface area contributed by atoms with Gasteiger partial charge < -0.3 is 10.6 Å². The van der Waals surface area contributed by atoms with Crippen LogP contribution >= 0.6 is 15.9 Å². The number of nitrogens with one attached hydrogen (secondary N) is 2. The van der Waals surface area contributed by atoms with E-state index >= 15 is 0 Å². The summed E-state index contributed by atoms with van der Waals surface area (Å²) in [6.07, 6.45) is 0. The molecule has 0 spiro atoms. The minimum absolute atomic E-state index is 0.0323. The maximum absolute atomic E-state index is 11.8. The van der Waals surface area contributed by atoms with Crippen molar-refractivity contribution < 1.29 is 9.59 Å². The lowest BCUT2D eigenvalue weighted by atomic mass is 10.2. The number of aromatic nitrogens is 4. The molecule has 0 saturated carbocycles. The lowest BCUT2D eigenvalue weighted by Crippen LogP contribution is -2.40. The molecule has 0 saturated heterocycles. The standard InChI is InChI=1S/C14H17BrN6O2/c1-9(2)17-12(22)7-16-13(23)8-21-19-14(18-20-21)10-3-5-11(15)6-4-10/h3-6,9H,7-8H2,1-2H3,(H,16,23)(H,17,22). The van der Waals surface area contributed by atoms with E-state index in [2.05, 4.69) is 42.0 Å². The highest BCUT2D eigenvalue weighted by Gasteiger charge is 2.10.